The van der Waals surface area contributed by atoms with Gasteiger partial charge in [0.15, 0.2) is 0 Å². The molecule has 3 aliphatic rings. The molecule has 0 unspecified atom stereocenters. The second kappa shape index (κ2) is 9.07. The number of amides is 2. The van der Waals surface area contributed by atoms with Crippen LogP contribution in [0.5, 0.6) is 0 Å². The van der Waals surface area contributed by atoms with Gasteiger partial charge in [-0.2, -0.15) is 5.10 Å². The standard InChI is InChI=1S/C21H31N5O3/c27-19-9-8-18(23-24-19)21(29)22-13-17-7-6-16(26(17)14-15-4-5-15)12-20(28)25-10-2-1-3-11-25/h8-9,15-17H,1-7,10-14H2,(H,22,29)(H,24,27)/t16-,17+/m1/s1. The Bertz CT molecular complexity index is 764. The predicted octanol–water partition coefficient (Wildman–Crippen LogP) is 1.15. The van der Waals surface area contributed by atoms with Gasteiger partial charge < -0.3 is 10.2 Å². The van der Waals surface area contributed by atoms with Crippen LogP contribution in [0.1, 0.15) is 61.9 Å². The molecule has 8 nitrogen and oxygen atoms in total. The summed E-state index contributed by atoms with van der Waals surface area (Å²) < 4.78 is 0. The van der Waals surface area contributed by atoms with Crippen molar-refractivity contribution in [3.05, 3.63) is 28.2 Å². The zero-order valence-corrected chi connectivity index (χ0v) is 16.9. The lowest BCUT2D eigenvalue weighted by Gasteiger charge is -2.33. The molecule has 2 N–H and O–H groups in total. The summed E-state index contributed by atoms with van der Waals surface area (Å²) in [6.07, 6.45) is 8.60. The first-order valence-corrected chi connectivity index (χ1v) is 11.0. The Kier molecular flexibility index (Phi) is 6.28. The summed E-state index contributed by atoms with van der Waals surface area (Å²) in [6, 6.07) is 3.27. The van der Waals surface area contributed by atoms with Crippen LogP contribution >= 0.6 is 0 Å². The highest BCUT2D eigenvalue weighted by Crippen LogP contribution is 2.35. The summed E-state index contributed by atoms with van der Waals surface area (Å²) in [6.45, 7) is 3.37. The number of rotatable bonds is 7. The van der Waals surface area contributed by atoms with E-state index in [4.69, 9.17) is 0 Å². The van der Waals surface area contributed by atoms with Gasteiger partial charge in [0.2, 0.25) is 5.91 Å². The Labute approximate surface area is 171 Å². The minimum atomic E-state index is -0.325. The fourth-order valence-corrected chi connectivity index (χ4v) is 4.60. The quantitative estimate of drug-likeness (QED) is 0.714. The first-order chi connectivity index (χ1) is 14.1. The van der Waals surface area contributed by atoms with Crippen molar-refractivity contribution in [2.24, 2.45) is 5.92 Å². The number of aromatic amines is 1. The molecule has 0 aromatic carbocycles. The van der Waals surface area contributed by atoms with Crippen LogP contribution in [-0.4, -0.2) is 70.1 Å². The number of nitrogens with one attached hydrogen (secondary N) is 2. The molecule has 1 aromatic rings. The Hall–Kier alpha value is -2.22. The zero-order valence-electron chi connectivity index (χ0n) is 16.9. The molecule has 1 saturated carbocycles. The van der Waals surface area contributed by atoms with E-state index in [2.05, 4.69) is 20.4 Å². The van der Waals surface area contributed by atoms with E-state index in [1.54, 1.807) is 0 Å². The van der Waals surface area contributed by atoms with E-state index < -0.39 is 0 Å². The molecule has 1 aliphatic carbocycles. The molecule has 0 radical (unpaired) electrons. The number of H-pyrrole nitrogens is 1. The first-order valence-electron chi connectivity index (χ1n) is 11.0. The van der Waals surface area contributed by atoms with Gasteiger partial charge in [0, 0.05) is 50.7 Å². The molecule has 2 atom stereocenters. The van der Waals surface area contributed by atoms with Crippen LogP contribution in [0.15, 0.2) is 16.9 Å². The van der Waals surface area contributed by atoms with Gasteiger partial charge in [0.1, 0.15) is 5.69 Å². The van der Waals surface area contributed by atoms with E-state index in [1.807, 2.05) is 4.90 Å². The smallest absolute Gasteiger partial charge is 0.271 e. The maximum atomic E-state index is 12.8. The highest BCUT2D eigenvalue weighted by atomic mass is 16.2. The molecule has 4 rings (SSSR count). The number of carbonyl (C=O) groups is 2. The van der Waals surface area contributed by atoms with Crippen molar-refractivity contribution in [1.29, 1.82) is 0 Å². The lowest BCUT2D eigenvalue weighted by Crippen LogP contribution is -2.46. The van der Waals surface area contributed by atoms with Gasteiger partial charge in [-0.1, -0.05) is 0 Å². The third-order valence-electron chi connectivity index (χ3n) is 6.47. The lowest BCUT2D eigenvalue weighted by atomic mass is 10.1. The minimum absolute atomic E-state index is 0.216. The van der Waals surface area contributed by atoms with Crippen molar-refractivity contribution >= 4 is 11.8 Å². The molecule has 0 spiro atoms. The molecule has 29 heavy (non-hydrogen) atoms. The average molecular weight is 402 g/mol. The maximum Gasteiger partial charge on any atom is 0.271 e. The molecule has 2 aliphatic heterocycles. The molecule has 3 heterocycles. The molecule has 2 amide bonds. The van der Waals surface area contributed by atoms with Gasteiger partial charge >= 0.3 is 0 Å². The van der Waals surface area contributed by atoms with Gasteiger partial charge in [0.05, 0.1) is 0 Å². The van der Waals surface area contributed by atoms with Crippen LogP contribution in [0.25, 0.3) is 0 Å². The number of hydrogen-bond donors (Lipinski definition) is 2. The van der Waals surface area contributed by atoms with Gasteiger partial charge in [-0.25, -0.2) is 5.10 Å². The highest BCUT2D eigenvalue weighted by Gasteiger charge is 2.38. The maximum absolute atomic E-state index is 12.8. The largest absolute Gasteiger partial charge is 0.349 e. The average Bonchev–Trinajstić information content (AvgIpc) is 3.49. The SMILES string of the molecule is O=C(NC[C@@H]1CC[C@H](CC(=O)N2CCCCC2)N1CC1CC1)c1ccc(=O)[nH]n1. The van der Waals surface area contributed by atoms with Gasteiger partial charge in [-0.15, -0.1) is 0 Å². The molecule has 1 aromatic heterocycles. The van der Waals surface area contributed by atoms with Crippen LogP contribution in [0.2, 0.25) is 0 Å². The van der Waals surface area contributed by atoms with Gasteiger partial charge in [0.25, 0.3) is 11.5 Å². The van der Waals surface area contributed by atoms with E-state index in [9.17, 15) is 14.4 Å². The van der Waals surface area contributed by atoms with Crippen LogP contribution in [0.4, 0.5) is 0 Å². The number of aromatic nitrogens is 2. The van der Waals surface area contributed by atoms with Crippen molar-refractivity contribution in [3.8, 4) is 0 Å². The Morgan fingerprint density at radius 1 is 1.07 bits per heavy atom. The summed E-state index contributed by atoms with van der Waals surface area (Å²) in [5, 5.41) is 9.05. The normalized spacial score (nSPS) is 25.2. The Morgan fingerprint density at radius 3 is 2.52 bits per heavy atom. The number of piperidine rings is 1. The van der Waals surface area contributed by atoms with Crippen LogP contribution in [0, 0.1) is 5.92 Å². The van der Waals surface area contributed by atoms with Gasteiger partial charge in [-0.3, -0.25) is 19.3 Å². The minimum Gasteiger partial charge on any atom is -0.349 e. The Morgan fingerprint density at radius 2 is 1.83 bits per heavy atom. The second-order valence-electron chi connectivity index (χ2n) is 8.69. The summed E-state index contributed by atoms with van der Waals surface area (Å²) in [5.41, 5.74) is -0.109. The van der Waals surface area contributed by atoms with Crippen LogP contribution in [-0.2, 0) is 4.79 Å². The molecule has 2 saturated heterocycles. The number of hydrogen-bond acceptors (Lipinski definition) is 5. The molecular weight excluding hydrogens is 370 g/mol. The van der Waals surface area contributed by atoms with Crippen molar-refractivity contribution < 1.29 is 9.59 Å². The predicted molar refractivity (Wildman–Crippen MR) is 108 cm³/mol. The summed E-state index contributed by atoms with van der Waals surface area (Å²) in [7, 11) is 0. The Balaban J connectivity index is 1.33. The molecular formula is C21H31N5O3. The summed E-state index contributed by atoms with van der Waals surface area (Å²) >= 11 is 0. The number of carbonyl (C=O) groups excluding carboxylic acids is 2. The van der Waals surface area contributed by atoms with E-state index in [1.165, 1.54) is 31.4 Å². The van der Waals surface area contributed by atoms with Crippen molar-refractivity contribution in [2.45, 2.75) is 63.5 Å². The fourth-order valence-electron chi connectivity index (χ4n) is 4.60. The fraction of sp³-hybridized carbons (Fsp3) is 0.714. The van der Waals surface area contributed by atoms with E-state index >= 15 is 0 Å². The third kappa shape index (κ3) is 5.23. The lowest BCUT2D eigenvalue weighted by molar-refractivity contribution is -0.133. The topological polar surface area (TPSA) is 98.4 Å². The first kappa shape index (κ1) is 20.1. The molecule has 158 valence electrons. The highest BCUT2D eigenvalue weighted by molar-refractivity contribution is 5.91. The monoisotopic (exact) mass is 401 g/mol. The number of likely N-dealkylation sites (tertiary alicyclic amines) is 2. The molecule has 8 heteroatoms. The third-order valence-corrected chi connectivity index (χ3v) is 6.47. The van der Waals surface area contributed by atoms with E-state index in [0.717, 1.165) is 51.2 Å². The summed E-state index contributed by atoms with van der Waals surface area (Å²) in [5.74, 6) is 0.748. The van der Waals surface area contributed by atoms with E-state index in [0.29, 0.717) is 13.0 Å². The second-order valence-corrected chi connectivity index (χ2v) is 8.69. The van der Waals surface area contributed by atoms with Crippen LogP contribution < -0.4 is 10.9 Å². The van der Waals surface area contributed by atoms with Crippen molar-refractivity contribution in [3.63, 3.8) is 0 Å². The van der Waals surface area contributed by atoms with Crippen molar-refractivity contribution in [1.82, 2.24) is 25.3 Å². The number of nitrogens with zero attached hydrogens (tertiary/aromatic N) is 3. The zero-order chi connectivity index (χ0) is 20.2. The molecule has 0 bridgehead atoms. The van der Waals surface area contributed by atoms with Gasteiger partial charge in [-0.05, 0) is 56.9 Å². The van der Waals surface area contributed by atoms with Crippen LogP contribution in [0.3, 0.4) is 0 Å². The van der Waals surface area contributed by atoms with Crippen molar-refractivity contribution in [2.75, 3.05) is 26.2 Å². The molecule has 3 fully saturated rings. The van der Waals surface area contributed by atoms with E-state index in [-0.39, 0.29) is 35.2 Å². The summed E-state index contributed by atoms with van der Waals surface area (Å²) in [4.78, 5) is 40.7.